The minimum absolute atomic E-state index is 0.994. The third-order valence-corrected chi connectivity index (χ3v) is 3.64. The first-order valence-corrected chi connectivity index (χ1v) is 7.73. The van der Waals surface area contributed by atoms with Gasteiger partial charge in [-0.15, -0.1) is 0 Å². The molecular formula is C18H19Br. The molecule has 0 radical (unpaired) electrons. The van der Waals surface area contributed by atoms with Crippen molar-refractivity contribution in [2.75, 3.05) is 5.33 Å². The average Bonchev–Trinajstić information content (AvgIpc) is 2.43. The standard InChI is InChI=1S/C18H19Br/c1-14-5-9-16(10-6-14)18(4-3-13-19)17-11-7-15(2)8-12-17/h4-12H,3,13H2,1-2H3. The van der Waals surface area contributed by atoms with Gasteiger partial charge < -0.3 is 0 Å². The number of hydrogen-bond acceptors (Lipinski definition) is 0. The smallest absolute Gasteiger partial charge is 0.00662 e. The molecule has 0 aromatic heterocycles. The van der Waals surface area contributed by atoms with Gasteiger partial charge in [0.25, 0.3) is 0 Å². The van der Waals surface area contributed by atoms with Gasteiger partial charge in [0.1, 0.15) is 0 Å². The lowest BCUT2D eigenvalue weighted by molar-refractivity contribution is 1.26. The summed E-state index contributed by atoms with van der Waals surface area (Å²) in [5.41, 5.74) is 6.49. The molecule has 0 saturated carbocycles. The highest BCUT2D eigenvalue weighted by Crippen LogP contribution is 2.25. The Hall–Kier alpha value is -1.34. The van der Waals surface area contributed by atoms with Gasteiger partial charge in [-0.25, -0.2) is 0 Å². The summed E-state index contributed by atoms with van der Waals surface area (Å²) in [6.07, 6.45) is 3.35. The molecule has 0 atom stereocenters. The van der Waals surface area contributed by atoms with Crippen molar-refractivity contribution in [2.24, 2.45) is 0 Å². The fourth-order valence-electron chi connectivity index (χ4n) is 2.07. The predicted octanol–water partition coefficient (Wildman–Crippen LogP) is 5.52. The van der Waals surface area contributed by atoms with E-state index in [2.05, 4.69) is 84.4 Å². The van der Waals surface area contributed by atoms with E-state index in [-0.39, 0.29) is 0 Å². The first-order chi connectivity index (χ1) is 9.20. The number of rotatable bonds is 4. The zero-order valence-corrected chi connectivity index (χ0v) is 13.1. The molecule has 2 rings (SSSR count). The summed E-state index contributed by atoms with van der Waals surface area (Å²) in [5, 5.41) is 0.994. The van der Waals surface area contributed by atoms with Gasteiger partial charge in [-0.1, -0.05) is 81.7 Å². The molecule has 0 saturated heterocycles. The van der Waals surface area contributed by atoms with Crippen molar-refractivity contribution in [3.8, 4) is 0 Å². The Bertz CT molecular complexity index is 500. The molecular weight excluding hydrogens is 296 g/mol. The maximum Gasteiger partial charge on any atom is 0.00662 e. The molecule has 2 aromatic carbocycles. The van der Waals surface area contributed by atoms with Gasteiger partial charge >= 0.3 is 0 Å². The Morgan fingerprint density at radius 1 is 0.842 bits per heavy atom. The topological polar surface area (TPSA) is 0 Å². The lowest BCUT2D eigenvalue weighted by Crippen LogP contribution is -1.89. The Kier molecular flexibility index (Phi) is 4.98. The van der Waals surface area contributed by atoms with Crippen LogP contribution in [0.4, 0.5) is 0 Å². The van der Waals surface area contributed by atoms with Gasteiger partial charge in [-0.3, -0.25) is 0 Å². The highest BCUT2D eigenvalue weighted by Gasteiger charge is 2.04. The first-order valence-electron chi connectivity index (χ1n) is 6.61. The molecule has 0 aliphatic rings. The van der Waals surface area contributed by atoms with Crippen LogP contribution in [0.25, 0.3) is 5.57 Å². The van der Waals surface area contributed by atoms with Crippen LogP contribution in [0.2, 0.25) is 0 Å². The zero-order chi connectivity index (χ0) is 13.7. The van der Waals surface area contributed by atoms with Crippen LogP contribution in [0.5, 0.6) is 0 Å². The fraction of sp³-hybridized carbons (Fsp3) is 0.222. The fourth-order valence-corrected chi connectivity index (χ4v) is 2.30. The van der Waals surface area contributed by atoms with Crippen LogP contribution < -0.4 is 0 Å². The van der Waals surface area contributed by atoms with Crippen LogP contribution in [-0.2, 0) is 0 Å². The first kappa shape index (κ1) is 14.1. The molecule has 19 heavy (non-hydrogen) atoms. The molecule has 0 fully saturated rings. The van der Waals surface area contributed by atoms with E-state index >= 15 is 0 Å². The summed E-state index contributed by atoms with van der Waals surface area (Å²) < 4.78 is 0. The number of benzene rings is 2. The molecule has 0 aliphatic carbocycles. The molecule has 1 heteroatoms. The van der Waals surface area contributed by atoms with Crippen molar-refractivity contribution < 1.29 is 0 Å². The maximum absolute atomic E-state index is 3.50. The summed E-state index contributed by atoms with van der Waals surface area (Å²) in [7, 11) is 0. The van der Waals surface area contributed by atoms with Crippen molar-refractivity contribution in [3.05, 3.63) is 76.9 Å². The van der Waals surface area contributed by atoms with Crippen LogP contribution in [0, 0.1) is 13.8 Å². The molecule has 0 bridgehead atoms. The van der Waals surface area contributed by atoms with Crippen LogP contribution in [-0.4, -0.2) is 5.33 Å². The molecule has 0 unspecified atom stereocenters. The zero-order valence-electron chi connectivity index (χ0n) is 11.5. The van der Waals surface area contributed by atoms with Gasteiger partial charge in [0.2, 0.25) is 0 Å². The Labute approximate surface area is 124 Å². The largest absolute Gasteiger partial charge is 0.0925 e. The summed E-state index contributed by atoms with van der Waals surface area (Å²) >= 11 is 3.50. The molecule has 0 spiro atoms. The minimum Gasteiger partial charge on any atom is -0.0925 e. The molecule has 0 N–H and O–H groups in total. The van der Waals surface area contributed by atoms with Crippen LogP contribution in [0.3, 0.4) is 0 Å². The van der Waals surface area contributed by atoms with Crippen molar-refractivity contribution in [2.45, 2.75) is 20.3 Å². The molecule has 98 valence electrons. The van der Waals surface area contributed by atoms with Gasteiger partial charge in [0, 0.05) is 5.33 Å². The van der Waals surface area contributed by atoms with E-state index in [0.717, 1.165) is 11.8 Å². The third-order valence-electron chi connectivity index (χ3n) is 3.18. The number of aryl methyl sites for hydroxylation is 2. The van der Waals surface area contributed by atoms with E-state index in [1.54, 1.807) is 0 Å². The number of halogens is 1. The molecule has 2 aromatic rings. The summed E-state index contributed by atoms with van der Waals surface area (Å²) in [6.45, 7) is 4.25. The second-order valence-electron chi connectivity index (χ2n) is 4.83. The number of hydrogen-bond donors (Lipinski definition) is 0. The van der Waals surface area contributed by atoms with E-state index in [4.69, 9.17) is 0 Å². The Balaban J connectivity index is 2.41. The van der Waals surface area contributed by atoms with E-state index in [1.807, 2.05) is 0 Å². The second kappa shape index (κ2) is 6.72. The van der Waals surface area contributed by atoms with Crippen LogP contribution in [0.1, 0.15) is 28.7 Å². The summed E-state index contributed by atoms with van der Waals surface area (Å²) in [4.78, 5) is 0. The number of alkyl halides is 1. The van der Waals surface area contributed by atoms with Crippen LogP contribution >= 0.6 is 15.9 Å². The summed E-state index contributed by atoms with van der Waals surface area (Å²) in [5.74, 6) is 0. The van der Waals surface area contributed by atoms with E-state index < -0.39 is 0 Å². The van der Waals surface area contributed by atoms with Gasteiger partial charge in [-0.05, 0) is 37.0 Å². The van der Waals surface area contributed by atoms with Gasteiger partial charge in [0.15, 0.2) is 0 Å². The molecule has 0 heterocycles. The number of allylic oxidation sites excluding steroid dienone is 1. The van der Waals surface area contributed by atoms with Crippen molar-refractivity contribution in [3.63, 3.8) is 0 Å². The lowest BCUT2D eigenvalue weighted by Gasteiger charge is -2.09. The van der Waals surface area contributed by atoms with E-state index in [0.29, 0.717) is 0 Å². The SMILES string of the molecule is Cc1ccc(C(=CCCBr)c2ccc(C)cc2)cc1. The van der Waals surface area contributed by atoms with Gasteiger partial charge in [-0.2, -0.15) is 0 Å². The lowest BCUT2D eigenvalue weighted by atomic mass is 9.95. The molecule has 0 amide bonds. The van der Waals surface area contributed by atoms with Crippen LogP contribution in [0.15, 0.2) is 54.6 Å². The Morgan fingerprint density at radius 2 is 1.26 bits per heavy atom. The third kappa shape index (κ3) is 3.81. The molecule has 0 nitrogen and oxygen atoms in total. The van der Waals surface area contributed by atoms with Crippen molar-refractivity contribution >= 4 is 21.5 Å². The second-order valence-corrected chi connectivity index (χ2v) is 5.62. The highest BCUT2D eigenvalue weighted by molar-refractivity contribution is 9.09. The summed E-state index contributed by atoms with van der Waals surface area (Å²) in [6, 6.07) is 17.5. The maximum atomic E-state index is 3.50. The highest BCUT2D eigenvalue weighted by atomic mass is 79.9. The quantitative estimate of drug-likeness (QED) is 0.652. The monoisotopic (exact) mass is 314 g/mol. The van der Waals surface area contributed by atoms with E-state index in [9.17, 15) is 0 Å². The Morgan fingerprint density at radius 3 is 1.63 bits per heavy atom. The predicted molar refractivity (Wildman–Crippen MR) is 87.8 cm³/mol. The molecule has 0 aliphatic heterocycles. The van der Waals surface area contributed by atoms with Crippen molar-refractivity contribution in [1.29, 1.82) is 0 Å². The minimum atomic E-state index is 0.994. The van der Waals surface area contributed by atoms with E-state index in [1.165, 1.54) is 27.8 Å². The average molecular weight is 315 g/mol. The normalized spacial score (nSPS) is 10.3. The van der Waals surface area contributed by atoms with Gasteiger partial charge in [0.05, 0.1) is 0 Å². The van der Waals surface area contributed by atoms with Crippen molar-refractivity contribution in [1.82, 2.24) is 0 Å².